The average molecular weight is 340 g/mol. The van der Waals surface area contributed by atoms with Gasteiger partial charge in [-0.3, -0.25) is 9.78 Å². The third-order valence-corrected chi connectivity index (χ3v) is 5.12. The molecule has 0 unspecified atom stereocenters. The van der Waals surface area contributed by atoms with Crippen molar-refractivity contribution < 1.29 is 0 Å². The molecule has 1 saturated heterocycles. The van der Waals surface area contributed by atoms with Crippen LogP contribution in [0.2, 0.25) is 0 Å². The van der Waals surface area contributed by atoms with Crippen LogP contribution in [0.3, 0.4) is 0 Å². The van der Waals surface area contributed by atoms with Crippen LogP contribution in [-0.2, 0) is 12.8 Å². The molecule has 0 atom stereocenters. The Balaban J connectivity index is 1.42. The summed E-state index contributed by atoms with van der Waals surface area (Å²) in [6.07, 6.45) is 8.27. The maximum Gasteiger partial charge on any atom is 0.252 e. The summed E-state index contributed by atoms with van der Waals surface area (Å²) in [5, 5.41) is 3.63. The summed E-state index contributed by atoms with van der Waals surface area (Å²) in [7, 11) is 0. The first kappa shape index (κ1) is 16.1. The van der Waals surface area contributed by atoms with E-state index in [1.165, 1.54) is 30.2 Å². The van der Waals surface area contributed by atoms with Crippen LogP contribution in [-0.4, -0.2) is 39.1 Å². The normalized spacial score (nSPS) is 18.0. The van der Waals surface area contributed by atoms with Gasteiger partial charge in [0.15, 0.2) is 0 Å². The average Bonchev–Trinajstić information content (AvgIpc) is 2.62. The largest absolute Gasteiger partial charge is 0.367 e. The van der Waals surface area contributed by atoms with E-state index < -0.39 is 0 Å². The summed E-state index contributed by atoms with van der Waals surface area (Å²) in [6.45, 7) is 3.60. The second-order valence-corrected chi connectivity index (χ2v) is 6.97. The number of anilines is 2. The third kappa shape index (κ3) is 3.50. The van der Waals surface area contributed by atoms with Crippen molar-refractivity contribution in [1.82, 2.24) is 19.9 Å². The number of aryl methyl sites for hydroxylation is 2. The molecular weight excluding hydrogens is 316 g/mol. The first-order valence-corrected chi connectivity index (χ1v) is 9.11. The number of aromatic amines is 1. The van der Waals surface area contributed by atoms with Gasteiger partial charge in [-0.2, -0.15) is 0 Å². The second-order valence-electron chi connectivity index (χ2n) is 6.97. The van der Waals surface area contributed by atoms with Crippen molar-refractivity contribution in [3.05, 3.63) is 39.7 Å². The van der Waals surface area contributed by atoms with Crippen molar-refractivity contribution in [2.45, 2.75) is 51.5 Å². The van der Waals surface area contributed by atoms with Gasteiger partial charge >= 0.3 is 0 Å². The van der Waals surface area contributed by atoms with Crippen molar-refractivity contribution in [2.24, 2.45) is 0 Å². The van der Waals surface area contributed by atoms with Gasteiger partial charge in [-0.05, 0) is 45.4 Å². The molecule has 7 heteroatoms. The van der Waals surface area contributed by atoms with Gasteiger partial charge in [-0.25, -0.2) is 15.0 Å². The van der Waals surface area contributed by atoms with Crippen LogP contribution in [0.25, 0.3) is 0 Å². The van der Waals surface area contributed by atoms with E-state index in [1.807, 2.05) is 6.92 Å². The topological polar surface area (TPSA) is 86.8 Å². The van der Waals surface area contributed by atoms with E-state index in [0.29, 0.717) is 12.0 Å². The van der Waals surface area contributed by atoms with E-state index in [2.05, 4.69) is 30.2 Å². The number of rotatable bonds is 3. The Kier molecular flexibility index (Phi) is 4.38. The molecule has 0 spiro atoms. The molecule has 25 heavy (non-hydrogen) atoms. The van der Waals surface area contributed by atoms with Crippen molar-refractivity contribution >= 4 is 11.8 Å². The number of hydrogen-bond donors (Lipinski definition) is 2. The summed E-state index contributed by atoms with van der Waals surface area (Å²) in [4.78, 5) is 30.0. The Morgan fingerprint density at radius 2 is 2.00 bits per heavy atom. The molecule has 7 nitrogen and oxygen atoms in total. The highest BCUT2D eigenvalue weighted by Gasteiger charge is 2.23. The van der Waals surface area contributed by atoms with Gasteiger partial charge in [-0.15, -0.1) is 0 Å². The number of fused-ring (bicyclic) bond motifs is 1. The maximum atomic E-state index is 11.6. The Morgan fingerprint density at radius 1 is 1.20 bits per heavy atom. The quantitative estimate of drug-likeness (QED) is 0.886. The summed E-state index contributed by atoms with van der Waals surface area (Å²) < 4.78 is 0. The minimum Gasteiger partial charge on any atom is -0.367 e. The van der Waals surface area contributed by atoms with Crippen LogP contribution in [0.4, 0.5) is 11.8 Å². The number of H-pyrrole nitrogens is 1. The zero-order chi connectivity index (χ0) is 17.2. The summed E-state index contributed by atoms with van der Waals surface area (Å²) in [5.74, 6) is 1.70. The van der Waals surface area contributed by atoms with E-state index in [1.54, 1.807) is 6.33 Å². The summed E-state index contributed by atoms with van der Waals surface area (Å²) in [5.41, 5.74) is 3.19. The fourth-order valence-corrected chi connectivity index (χ4v) is 3.79. The van der Waals surface area contributed by atoms with E-state index in [9.17, 15) is 4.79 Å². The SMILES string of the molecule is Cc1cc(=O)[nH]c(N2CCC(Nc3ncnc4c3CCCC4)CC2)n1. The lowest BCUT2D eigenvalue weighted by atomic mass is 9.96. The van der Waals surface area contributed by atoms with Crippen LogP contribution in [0.5, 0.6) is 0 Å². The predicted molar refractivity (Wildman–Crippen MR) is 97.1 cm³/mol. The first-order chi connectivity index (χ1) is 12.2. The molecule has 2 aromatic rings. The van der Waals surface area contributed by atoms with Crippen LogP contribution in [0, 0.1) is 6.92 Å². The Morgan fingerprint density at radius 3 is 2.80 bits per heavy atom. The second kappa shape index (κ2) is 6.82. The first-order valence-electron chi connectivity index (χ1n) is 9.11. The van der Waals surface area contributed by atoms with E-state index in [0.717, 1.165) is 50.3 Å². The number of piperidine rings is 1. The van der Waals surface area contributed by atoms with Crippen molar-refractivity contribution in [1.29, 1.82) is 0 Å². The lowest BCUT2D eigenvalue weighted by Crippen LogP contribution is -2.41. The smallest absolute Gasteiger partial charge is 0.252 e. The monoisotopic (exact) mass is 340 g/mol. The van der Waals surface area contributed by atoms with Crippen LogP contribution >= 0.6 is 0 Å². The molecule has 0 aromatic carbocycles. The Bertz CT molecular complexity index is 809. The van der Waals surface area contributed by atoms with Gasteiger partial charge in [-0.1, -0.05) is 0 Å². The lowest BCUT2D eigenvalue weighted by Gasteiger charge is -2.33. The molecule has 4 rings (SSSR count). The molecule has 2 aliphatic rings. The maximum absolute atomic E-state index is 11.6. The van der Waals surface area contributed by atoms with Crippen LogP contribution < -0.4 is 15.8 Å². The van der Waals surface area contributed by atoms with Crippen molar-refractivity contribution in [3.63, 3.8) is 0 Å². The zero-order valence-electron chi connectivity index (χ0n) is 14.6. The van der Waals surface area contributed by atoms with E-state index >= 15 is 0 Å². The van der Waals surface area contributed by atoms with Gasteiger partial charge in [0.1, 0.15) is 12.1 Å². The Labute approximate surface area is 146 Å². The molecule has 1 fully saturated rings. The summed E-state index contributed by atoms with van der Waals surface area (Å²) >= 11 is 0. The van der Waals surface area contributed by atoms with Gasteiger partial charge in [0.05, 0.1) is 0 Å². The molecule has 132 valence electrons. The molecular formula is C18H24N6O. The van der Waals surface area contributed by atoms with Crippen LogP contribution in [0.15, 0.2) is 17.2 Å². The van der Waals surface area contributed by atoms with E-state index in [-0.39, 0.29) is 5.56 Å². The number of nitrogens with zero attached hydrogens (tertiary/aromatic N) is 4. The molecule has 2 aromatic heterocycles. The molecule has 0 amide bonds. The van der Waals surface area contributed by atoms with Gasteiger partial charge < -0.3 is 10.2 Å². The number of aromatic nitrogens is 4. The molecule has 1 aliphatic heterocycles. The zero-order valence-corrected chi connectivity index (χ0v) is 14.6. The number of hydrogen-bond acceptors (Lipinski definition) is 6. The third-order valence-electron chi connectivity index (χ3n) is 5.12. The summed E-state index contributed by atoms with van der Waals surface area (Å²) in [6, 6.07) is 1.92. The van der Waals surface area contributed by atoms with E-state index in [4.69, 9.17) is 0 Å². The van der Waals surface area contributed by atoms with Crippen LogP contribution in [0.1, 0.15) is 42.6 Å². The highest BCUT2D eigenvalue weighted by atomic mass is 16.1. The number of nitrogens with one attached hydrogen (secondary N) is 2. The fraction of sp³-hybridized carbons (Fsp3) is 0.556. The van der Waals surface area contributed by atoms with Gasteiger partial charge in [0, 0.05) is 42.1 Å². The highest BCUT2D eigenvalue weighted by molar-refractivity contribution is 5.48. The van der Waals surface area contributed by atoms with Crippen molar-refractivity contribution in [2.75, 3.05) is 23.3 Å². The molecule has 0 bridgehead atoms. The van der Waals surface area contributed by atoms with Gasteiger partial charge in [0.2, 0.25) is 5.95 Å². The standard InChI is InChI=1S/C18H24N6O/c1-12-10-16(25)23-18(21-12)24-8-6-13(7-9-24)22-17-14-4-2-3-5-15(14)19-11-20-17/h10-11,13H,2-9H2,1H3,(H,19,20,22)(H,21,23,25). The minimum absolute atomic E-state index is 0.0876. The fourth-order valence-electron chi connectivity index (χ4n) is 3.79. The molecule has 2 N–H and O–H groups in total. The predicted octanol–water partition coefficient (Wildman–Crippen LogP) is 1.83. The van der Waals surface area contributed by atoms with Gasteiger partial charge in [0.25, 0.3) is 5.56 Å². The molecule has 0 radical (unpaired) electrons. The highest BCUT2D eigenvalue weighted by Crippen LogP contribution is 2.26. The Hall–Kier alpha value is -2.44. The molecule has 1 aliphatic carbocycles. The van der Waals surface area contributed by atoms with Crippen molar-refractivity contribution in [3.8, 4) is 0 Å². The molecule has 3 heterocycles. The molecule has 0 saturated carbocycles. The minimum atomic E-state index is -0.0876. The lowest BCUT2D eigenvalue weighted by molar-refractivity contribution is 0.516.